The lowest BCUT2D eigenvalue weighted by Gasteiger charge is -2.14. The molecular weight excluding hydrogens is 264 g/mol. The van der Waals surface area contributed by atoms with Gasteiger partial charge in [0.25, 0.3) is 0 Å². The Bertz CT molecular complexity index is 426. The molecule has 0 unspecified atom stereocenters. The molecule has 106 valence electrons. The summed E-state index contributed by atoms with van der Waals surface area (Å²) in [5, 5.41) is 2.77. The number of amides is 1. The molecular formula is C13H20N2O3S. The highest BCUT2D eigenvalue weighted by atomic mass is 32.2. The number of hydrogen-bond donors (Lipinski definition) is 2. The fraction of sp³-hybridized carbons (Fsp3) is 0.462. The molecule has 0 aromatic heterocycles. The molecule has 0 saturated heterocycles. The molecule has 1 rings (SSSR count). The van der Waals surface area contributed by atoms with E-state index in [0.717, 1.165) is 5.75 Å². The maximum absolute atomic E-state index is 11.9. The first-order valence-corrected chi connectivity index (χ1v) is 7.29. The van der Waals surface area contributed by atoms with Gasteiger partial charge >= 0.3 is 0 Å². The van der Waals surface area contributed by atoms with Crippen molar-refractivity contribution in [2.24, 2.45) is 5.73 Å². The lowest BCUT2D eigenvalue weighted by Crippen LogP contribution is -2.36. The van der Waals surface area contributed by atoms with Crippen molar-refractivity contribution >= 4 is 23.4 Å². The van der Waals surface area contributed by atoms with E-state index in [1.165, 1.54) is 0 Å². The third-order valence-corrected chi connectivity index (χ3v) is 3.28. The molecule has 0 aliphatic rings. The van der Waals surface area contributed by atoms with Crippen molar-refractivity contribution < 1.29 is 14.3 Å². The van der Waals surface area contributed by atoms with Crippen LogP contribution in [0.4, 0.5) is 5.69 Å². The average Bonchev–Trinajstić information content (AvgIpc) is 2.44. The van der Waals surface area contributed by atoms with Crippen molar-refractivity contribution in [2.45, 2.75) is 12.5 Å². The molecule has 0 heterocycles. The summed E-state index contributed by atoms with van der Waals surface area (Å²) in [6, 6.07) is 4.69. The Balaban J connectivity index is 2.76. The number of anilines is 1. The monoisotopic (exact) mass is 284 g/mol. The van der Waals surface area contributed by atoms with E-state index in [1.807, 2.05) is 6.26 Å². The van der Waals surface area contributed by atoms with Crippen molar-refractivity contribution in [1.82, 2.24) is 0 Å². The van der Waals surface area contributed by atoms with E-state index in [-0.39, 0.29) is 5.91 Å². The van der Waals surface area contributed by atoms with Gasteiger partial charge in [0.15, 0.2) is 0 Å². The number of carbonyl (C=O) groups excluding carboxylic acids is 1. The number of thioether (sulfide) groups is 1. The molecule has 0 spiro atoms. The van der Waals surface area contributed by atoms with Gasteiger partial charge < -0.3 is 20.5 Å². The Hall–Kier alpha value is -1.40. The second-order valence-electron chi connectivity index (χ2n) is 3.94. The van der Waals surface area contributed by atoms with E-state index >= 15 is 0 Å². The second kappa shape index (κ2) is 7.91. The number of methoxy groups -OCH3 is 2. The van der Waals surface area contributed by atoms with Crippen LogP contribution in [0.1, 0.15) is 6.42 Å². The summed E-state index contributed by atoms with van der Waals surface area (Å²) in [5.74, 6) is 1.85. The predicted molar refractivity (Wildman–Crippen MR) is 79.2 cm³/mol. The number of rotatable bonds is 7. The molecule has 1 amide bonds. The Morgan fingerprint density at radius 1 is 1.42 bits per heavy atom. The summed E-state index contributed by atoms with van der Waals surface area (Å²) >= 11 is 1.66. The Labute approximate surface area is 117 Å². The van der Waals surface area contributed by atoms with Gasteiger partial charge in [-0.3, -0.25) is 4.79 Å². The first kappa shape index (κ1) is 15.7. The van der Waals surface area contributed by atoms with Crippen LogP contribution >= 0.6 is 11.8 Å². The maximum atomic E-state index is 11.9. The highest BCUT2D eigenvalue weighted by molar-refractivity contribution is 7.98. The van der Waals surface area contributed by atoms with Gasteiger partial charge in [-0.1, -0.05) is 0 Å². The Morgan fingerprint density at radius 3 is 2.74 bits per heavy atom. The van der Waals surface area contributed by atoms with Crippen LogP contribution < -0.4 is 20.5 Å². The third-order valence-electron chi connectivity index (χ3n) is 2.63. The lowest BCUT2D eigenvalue weighted by molar-refractivity contribution is -0.117. The molecule has 6 heteroatoms. The smallest absolute Gasteiger partial charge is 0.241 e. The minimum Gasteiger partial charge on any atom is -0.497 e. The number of carbonyl (C=O) groups is 1. The molecule has 1 atom stereocenters. The second-order valence-corrected chi connectivity index (χ2v) is 4.93. The highest BCUT2D eigenvalue weighted by Crippen LogP contribution is 2.28. The van der Waals surface area contributed by atoms with Crippen LogP contribution in [-0.2, 0) is 4.79 Å². The summed E-state index contributed by atoms with van der Waals surface area (Å²) < 4.78 is 10.3. The van der Waals surface area contributed by atoms with Crippen LogP contribution in [0, 0.1) is 0 Å². The minimum atomic E-state index is -0.525. The SMILES string of the molecule is COc1ccc(OC)c(NC(=O)[C@H](N)CCSC)c1. The first-order chi connectivity index (χ1) is 9.12. The molecule has 0 aliphatic heterocycles. The summed E-state index contributed by atoms with van der Waals surface area (Å²) in [6.07, 6.45) is 2.62. The van der Waals surface area contributed by atoms with E-state index in [1.54, 1.807) is 44.2 Å². The van der Waals surface area contributed by atoms with Crippen LogP contribution in [0.5, 0.6) is 11.5 Å². The average molecular weight is 284 g/mol. The normalized spacial score (nSPS) is 11.8. The van der Waals surface area contributed by atoms with Crippen molar-refractivity contribution in [3.05, 3.63) is 18.2 Å². The zero-order valence-electron chi connectivity index (χ0n) is 11.4. The van der Waals surface area contributed by atoms with Gasteiger partial charge in [-0.2, -0.15) is 11.8 Å². The van der Waals surface area contributed by atoms with Gasteiger partial charge in [0.2, 0.25) is 5.91 Å². The van der Waals surface area contributed by atoms with Crippen molar-refractivity contribution in [3.63, 3.8) is 0 Å². The van der Waals surface area contributed by atoms with E-state index < -0.39 is 6.04 Å². The van der Waals surface area contributed by atoms with Crippen LogP contribution in [0.3, 0.4) is 0 Å². The van der Waals surface area contributed by atoms with Crippen LogP contribution in [0.25, 0.3) is 0 Å². The summed E-state index contributed by atoms with van der Waals surface area (Å²) in [6.45, 7) is 0. The molecule has 5 nitrogen and oxygen atoms in total. The van der Waals surface area contributed by atoms with E-state index in [4.69, 9.17) is 15.2 Å². The number of ether oxygens (including phenoxy) is 2. The van der Waals surface area contributed by atoms with Gasteiger partial charge in [0.05, 0.1) is 25.9 Å². The van der Waals surface area contributed by atoms with Gasteiger partial charge in [-0.25, -0.2) is 0 Å². The molecule has 1 aromatic carbocycles. The maximum Gasteiger partial charge on any atom is 0.241 e. The lowest BCUT2D eigenvalue weighted by atomic mass is 10.2. The van der Waals surface area contributed by atoms with E-state index in [2.05, 4.69) is 5.32 Å². The number of hydrogen-bond acceptors (Lipinski definition) is 5. The fourth-order valence-electron chi connectivity index (χ4n) is 1.51. The van der Waals surface area contributed by atoms with Crippen molar-refractivity contribution in [3.8, 4) is 11.5 Å². The zero-order chi connectivity index (χ0) is 14.3. The summed E-state index contributed by atoms with van der Waals surface area (Å²) in [4.78, 5) is 11.9. The molecule has 1 aromatic rings. The van der Waals surface area contributed by atoms with Crippen molar-refractivity contribution in [2.75, 3.05) is 31.5 Å². The standard InChI is InChI=1S/C13H20N2O3S/c1-17-9-4-5-12(18-2)11(8-9)15-13(16)10(14)6-7-19-3/h4-5,8,10H,6-7,14H2,1-3H3,(H,15,16)/t10-/m1/s1. The molecule has 19 heavy (non-hydrogen) atoms. The van der Waals surface area contributed by atoms with Gasteiger partial charge in [-0.05, 0) is 30.6 Å². The fourth-order valence-corrected chi connectivity index (χ4v) is 2.00. The number of nitrogens with two attached hydrogens (primary N) is 1. The van der Waals surface area contributed by atoms with Crippen LogP contribution in [0.15, 0.2) is 18.2 Å². The summed E-state index contributed by atoms with van der Waals surface area (Å²) in [7, 11) is 3.11. The van der Waals surface area contributed by atoms with Gasteiger partial charge in [0.1, 0.15) is 11.5 Å². The quantitative estimate of drug-likeness (QED) is 0.797. The van der Waals surface area contributed by atoms with E-state index in [0.29, 0.717) is 23.6 Å². The molecule has 0 aliphatic carbocycles. The van der Waals surface area contributed by atoms with E-state index in [9.17, 15) is 4.79 Å². The van der Waals surface area contributed by atoms with Crippen LogP contribution in [0.2, 0.25) is 0 Å². The molecule has 0 fully saturated rings. The number of benzene rings is 1. The topological polar surface area (TPSA) is 73.6 Å². The largest absolute Gasteiger partial charge is 0.497 e. The zero-order valence-corrected chi connectivity index (χ0v) is 12.3. The highest BCUT2D eigenvalue weighted by Gasteiger charge is 2.15. The number of nitrogens with one attached hydrogen (secondary N) is 1. The summed E-state index contributed by atoms with van der Waals surface area (Å²) in [5.41, 5.74) is 6.38. The molecule has 0 radical (unpaired) electrons. The predicted octanol–water partition coefficient (Wildman–Crippen LogP) is 1.72. The third kappa shape index (κ3) is 4.65. The molecule has 0 bridgehead atoms. The first-order valence-electron chi connectivity index (χ1n) is 5.89. The van der Waals surface area contributed by atoms with Gasteiger partial charge in [-0.15, -0.1) is 0 Å². The van der Waals surface area contributed by atoms with Crippen LogP contribution in [-0.4, -0.2) is 38.2 Å². The Kier molecular flexibility index (Phi) is 6.52. The van der Waals surface area contributed by atoms with Gasteiger partial charge in [0, 0.05) is 6.07 Å². The Morgan fingerprint density at radius 2 is 2.16 bits per heavy atom. The molecule has 0 saturated carbocycles. The minimum absolute atomic E-state index is 0.222. The van der Waals surface area contributed by atoms with Crippen molar-refractivity contribution in [1.29, 1.82) is 0 Å². The molecule has 3 N–H and O–H groups in total.